The molecule has 25 heavy (non-hydrogen) atoms. The van der Waals surface area contributed by atoms with E-state index in [4.69, 9.17) is 5.73 Å². The van der Waals surface area contributed by atoms with Crippen molar-refractivity contribution in [2.75, 3.05) is 32.0 Å². The van der Waals surface area contributed by atoms with Crippen molar-refractivity contribution in [1.29, 1.82) is 0 Å². The molecule has 1 atom stereocenters. The Morgan fingerprint density at radius 2 is 2.12 bits per heavy atom. The van der Waals surface area contributed by atoms with Crippen molar-refractivity contribution in [3.05, 3.63) is 28.2 Å². The fourth-order valence-corrected chi connectivity index (χ4v) is 3.42. The van der Waals surface area contributed by atoms with Gasteiger partial charge in [0.2, 0.25) is 11.8 Å². The van der Waals surface area contributed by atoms with Gasteiger partial charge in [0.05, 0.1) is 12.5 Å². The highest BCUT2D eigenvalue weighted by Gasteiger charge is 2.30. The molecule has 4 amide bonds. The van der Waals surface area contributed by atoms with Gasteiger partial charge in [0, 0.05) is 30.3 Å². The van der Waals surface area contributed by atoms with Crippen LogP contribution in [0, 0.1) is 12.8 Å². The van der Waals surface area contributed by atoms with Gasteiger partial charge in [-0.25, -0.2) is 4.79 Å². The Kier molecular flexibility index (Phi) is 6.41. The summed E-state index contributed by atoms with van der Waals surface area (Å²) in [6.07, 6.45) is 1.43. The van der Waals surface area contributed by atoms with Gasteiger partial charge >= 0.3 is 6.03 Å². The lowest BCUT2D eigenvalue weighted by molar-refractivity contribution is -0.138. The van der Waals surface area contributed by atoms with E-state index < -0.39 is 6.03 Å². The number of rotatable bonds is 4. The second-order valence-corrected chi connectivity index (χ2v) is 7.24. The lowest BCUT2D eigenvalue weighted by Gasteiger charge is -2.32. The monoisotopic (exact) mass is 410 g/mol. The molecule has 0 aromatic heterocycles. The maximum absolute atomic E-state index is 12.5. The molecule has 8 heteroatoms. The molecule has 0 bridgehead atoms. The van der Waals surface area contributed by atoms with Crippen LogP contribution in [0.15, 0.2) is 22.7 Å². The summed E-state index contributed by atoms with van der Waals surface area (Å²) in [6.45, 7) is 2.75. The number of hydrogen-bond acceptors (Lipinski definition) is 3. The first-order valence-corrected chi connectivity index (χ1v) is 8.92. The first-order valence-electron chi connectivity index (χ1n) is 8.13. The molecule has 136 valence electrons. The van der Waals surface area contributed by atoms with Crippen LogP contribution in [0.3, 0.4) is 0 Å². The van der Waals surface area contributed by atoms with E-state index in [0.717, 1.165) is 16.5 Å². The number of carbonyl (C=O) groups is 3. The molecule has 1 unspecified atom stereocenters. The minimum atomic E-state index is -0.511. The third-order valence-electron chi connectivity index (χ3n) is 4.30. The van der Waals surface area contributed by atoms with Crippen LogP contribution in [0.5, 0.6) is 0 Å². The van der Waals surface area contributed by atoms with Crippen LogP contribution in [0.25, 0.3) is 0 Å². The Morgan fingerprint density at radius 3 is 2.76 bits per heavy atom. The number of aryl methyl sites for hydroxylation is 1. The number of halogens is 1. The summed E-state index contributed by atoms with van der Waals surface area (Å²) >= 11 is 3.38. The first kappa shape index (κ1) is 19.2. The third-order valence-corrected chi connectivity index (χ3v) is 4.80. The van der Waals surface area contributed by atoms with Crippen molar-refractivity contribution in [2.45, 2.75) is 19.8 Å². The van der Waals surface area contributed by atoms with E-state index in [2.05, 4.69) is 21.2 Å². The molecule has 3 N–H and O–H groups in total. The van der Waals surface area contributed by atoms with Crippen LogP contribution in [0.4, 0.5) is 10.5 Å². The number of hydrogen-bond donors (Lipinski definition) is 2. The summed E-state index contributed by atoms with van der Waals surface area (Å²) in [6, 6.07) is 5.05. The van der Waals surface area contributed by atoms with Gasteiger partial charge in [0.1, 0.15) is 0 Å². The first-order chi connectivity index (χ1) is 11.8. The van der Waals surface area contributed by atoms with E-state index in [0.29, 0.717) is 25.2 Å². The number of piperidine rings is 1. The van der Waals surface area contributed by atoms with Gasteiger partial charge in [-0.1, -0.05) is 15.9 Å². The standard InChI is InChI=1S/C17H23BrN4O3/c1-11-8-13(18)5-6-14(11)20-15(23)10-21(2)16(24)12-4-3-7-22(9-12)17(19)25/h5-6,8,12H,3-4,7,9-10H2,1-2H3,(H2,19,25)(H,20,23). The Hall–Kier alpha value is -2.09. The summed E-state index contributed by atoms with van der Waals surface area (Å²) in [5.41, 5.74) is 6.94. The van der Waals surface area contributed by atoms with Crippen LogP contribution in [-0.2, 0) is 9.59 Å². The number of nitrogens with two attached hydrogens (primary N) is 1. The summed E-state index contributed by atoms with van der Waals surface area (Å²) in [7, 11) is 1.60. The van der Waals surface area contributed by atoms with Gasteiger partial charge < -0.3 is 20.9 Å². The van der Waals surface area contributed by atoms with Crippen molar-refractivity contribution < 1.29 is 14.4 Å². The molecule has 0 aliphatic carbocycles. The zero-order valence-corrected chi connectivity index (χ0v) is 16.0. The van der Waals surface area contributed by atoms with E-state index in [1.54, 1.807) is 7.05 Å². The number of anilines is 1. The average Bonchev–Trinajstić information content (AvgIpc) is 2.56. The number of likely N-dealkylation sites (tertiary alicyclic amines) is 1. The zero-order chi connectivity index (χ0) is 18.6. The van der Waals surface area contributed by atoms with E-state index in [9.17, 15) is 14.4 Å². The Morgan fingerprint density at radius 1 is 1.40 bits per heavy atom. The molecule has 1 fully saturated rings. The number of likely N-dealkylation sites (N-methyl/N-ethyl adjacent to an activating group) is 1. The van der Waals surface area contributed by atoms with Crippen LogP contribution in [0.1, 0.15) is 18.4 Å². The van der Waals surface area contributed by atoms with Gasteiger partial charge in [0.25, 0.3) is 0 Å². The molecule has 1 aliphatic heterocycles. The summed E-state index contributed by atoms with van der Waals surface area (Å²) in [5.74, 6) is -0.717. The highest BCUT2D eigenvalue weighted by Crippen LogP contribution is 2.21. The number of nitrogens with zero attached hydrogens (tertiary/aromatic N) is 2. The number of carbonyl (C=O) groups excluding carboxylic acids is 3. The quantitative estimate of drug-likeness (QED) is 0.793. The number of amides is 4. The van der Waals surface area contributed by atoms with Crippen molar-refractivity contribution in [1.82, 2.24) is 9.80 Å². The smallest absolute Gasteiger partial charge is 0.314 e. The fraction of sp³-hybridized carbons (Fsp3) is 0.471. The van der Waals surface area contributed by atoms with Crippen molar-refractivity contribution in [2.24, 2.45) is 11.7 Å². The van der Waals surface area contributed by atoms with E-state index >= 15 is 0 Å². The van der Waals surface area contributed by atoms with E-state index in [1.807, 2.05) is 25.1 Å². The second-order valence-electron chi connectivity index (χ2n) is 6.33. The van der Waals surface area contributed by atoms with E-state index in [-0.39, 0.29) is 24.3 Å². The number of benzene rings is 1. The lowest BCUT2D eigenvalue weighted by Crippen LogP contribution is -2.48. The second kappa shape index (κ2) is 8.33. The molecule has 2 rings (SSSR count). The van der Waals surface area contributed by atoms with Gasteiger partial charge in [0.15, 0.2) is 0 Å². The third kappa shape index (κ3) is 5.19. The molecule has 1 heterocycles. The molecule has 1 aromatic rings. The SMILES string of the molecule is Cc1cc(Br)ccc1NC(=O)CN(C)C(=O)C1CCCN(C(N)=O)C1. The Labute approximate surface area is 155 Å². The van der Waals surface area contributed by atoms with Gasteiger partial charge in [-0.3, -0.25) is 9.59 Å². The maximum Gasteiger partial charge on any atom is 0.314 e. The van der Waals surface area contributed by atoms with Gasteiger partial charge in [-0.05, 0) is 43.5 Å². The topological polar surface area (TPSA) is 95.7 Å². The molecule has 0 saturated carbocycles. The summed E-state index contributed by atoms with van der Waals surface area (Å²) in [5, 5.41) is 2.81. The highest BCUT2D eigenvalue weighted by molar-refractivity contribution is 9.10. The zero-order valence-electron chi connectivity index (χ0n) is 14.4. The molecule has 0 radical (unpaired) electrons. The molecule has 7 nitrogen and oxygen atoms in total. The number of urea groups is 1. The Bertz CT molecular complexity index is 680. The average molecular weight is 411 g/mol. The predicted octanol–water partition coefficient (Wildman–Crippen LogP) is 1.95. The molecule has 1 aromatic carbocycles. The highest BCUT2D eigenvalue weighted by atomic mass is 79.9. The van der Waals surface area contributed by atoms with Crippen LogP contribution < -0.4 is 11.1 Å². The van der Waals surface area contributed by atoms with Crippen molar-refractivity contribution in [3.8, 4) is 0 Å². The fourth-order valence-electron chi connectivity index (χ4n) is 2.94. The van der Waals surface area contributed by atoms with Crippen LogP contribution in [-0.4, -0.2) is 54.3 Å². The lowest BCUT2D eigenvalue weighted by atomic mass is 9.97. The summed E-state index contributed by atoms with van der Waals surface area (Å²) < 4.78 is 0.937. The Balaban J connectivity index is 1.91. The van der Waals surface area contributed by atoms with Crippen LogP contribution >= 0.6 is 15.9 Å². The molecular weight excluding hydrogens is 388 g/mol. The van der Waals surface area contributed by atoms with Crippen LogP contribution in [0.2, 0.25) is 0 Å². The number of primary amides is 1. The largest absolute Gasteiger partial charge is 0.351 e. The minimum absolute atomic E-state index is 0.0403. The molecule has 1 aliphatic rings. The van der Waals surface area contributed by atoms with Crippen molar-refractivity contribution >= 4 is 39.5 Å². The van der Waals surface area contributed by atoms with E-state index in [1.165, 1.54) is 9.80 Å². The number of nitrogens with one attached hydrogen (secondary N) is 1. The predicted molar refractivity (Wildman–Crippen MR) is 99.0 cm³/mol. The van der Waals surface area contributed by atoms with Gasteiger partial charge in [-0.2, -0.15) is 0 Å². The summed E-state index contributed by atoms with van der Waals surface area (Å²) in [4.78, 5) is 38.9. The molecule has 0 spiro atoms. The minimum Gasteiger partial charge on any atom is -0.351 e. The normalized spacial score (nSPS) is 17.1. The van der Waals surface area contributed by atoms with Gasteiger partial charge in [-0.15, -0.1) is 0 Å². The molecule has 1 saturated heterocycles. The van der Waals surface area contributed by atoms with Crippen molar-refractivity contribution in [3.63, 3.8) is 0 Å². The molecular formula is C17H23BrN4O3. The maximum atomic E-state index is 12.5.